The molecule has 2 aliphatic rings. The monoisotopic (exact) mass is 320 g/mol. The number of rotatable bonds is 4. The van der Waals surface area contributed by atoms with Gasteiger partial charge in [-0.3, -0.25) is 14.4 Å². The van der Waals surface area contributed by atoms with Crippen molar-refractivity contribution in [3.8, 4) is 0 Å². The minimum Gasteiger partial charge on any atom is -0.455 e. The summed E-state index contributed by atoms with van der Waals surface area (Å²) in [7, 11) is 0. The topological polar surface area (TPSA) is 75.7 Å². The Morgan fingerprint density at radius 2 is 2.13 bits per heavy atom. The molecule has 1 aliphatic heterocycles. The smallest absolute Gasteiger partial charge is 0.310 e. The highest BCUT2D eigenvalue weighted by atomic mass is 19.1. The molecule has 2 atom stereocenters. The van der Waals surface area contributed by atoms with Crippen molar-refractivity contribution in [3.05, 3.63) is 35.6 Å². The van der Waals surface area contributed by atoms with Gasteiger partial charge < -0.3 is 15.0 Å². The molecular formula is C16H17FN2O4. The number of esters is 1. The van der Waals surface area contributed by atoms with Crippen LogP contribution in [0.4, 0.5) is 4.39 Å². The number of amides is 2. The van der Waals surface area contributed by atoms with Crippen LogP contribution < -0.4 is 5.32 Å². The Morgan fingerprint density at radius 1 is 1.35 bits per heavy atom. The maximum absolute atomic E-state index is 13.7. The molecule has 1 aliphatic carbocycles. The van der Waals surface area contributed by atoms with Gasteiger partial charge in [0.2, 0.25) is 5.91 Å². The summed E-state index contributed by atoms with van der Waals surface area (Å²) in [5.74, 6) is -2.02. The number of piperazine rings is 1. The van der Waals surface area contributed by atoms with Crippen LogP contribution in [0.3, 0.4) is 0 Å². The van der Waals surface area contributed by atoms with Crippen LogP contribution in [0.2, 0.25) is 0 Å². The van der Waals surface area contributed by atoms with Gasteiger partial charge in [0.15, 0.2) is 6.61 Å². The number of carbonyl (C=O) groups is 3. The molecule has 0 bridgehead atoms. The first-order valence-electron chi connectivity index (χ1n) is 7.52. The molecule has 0 aromatic heterocycles. The van der Waals surface area contributed by atoms with Crippen molar-refractivity contribution in [2.45, 2.75) is 12.3 Å². The van der Waals surface area contributed by atoms with Crippen molar-refractivity contribution in [1.29, 1.82) is 0 Å². The fourth-order valence-electron chi connectivity index (χ4n) is 2.76. The van der Waals surface area contributed by atoms with Crippen LogP contribution in [0.5, 0.6) is 0 Å². The van der Waals surface area contributed by atoms with E-state index in [1.807, 2.05) is 0 Å². The standard InChI is InChI=1S/C16H17FN2O4/c17-13-4-2-1-3-10(13)11-7-12(11)16(22)23-9-15(21)19-6-5-18-14(20)8-19/h1-4,11-12H,5-9H2,(H,18,20)/t11-,12-/m1/s1. The van der Waals surface area contributed by atoms with Crippen molar-refractivity contribution < 1.29 is 23.5 Å². The van der Waals surface area contributed by atoms with E-state index in [1.165, 1.54) is 11.0 Å². The van der Waals surface area contributed by atoms with Gasteiger partial charge in [-0.15, -0.1) is 0 Å². The molecular weight excluding hydrogens is 303 g/mol. The molecule has 1 saturated carbocycles. The van der Waals surface area contributed by atoms with E-state index >= 15 is 0 Å². The third-order valence-corrected chi connectivity index (χ3v) is 4.13. The van der Waals surface area contributed by atoms with E-state index < -0.39 is 17.8 Å². The van der Waals surface area contributed by atoms with Gasteiger partial charge in [-0.05, 0) is 18.1 Å². The molecule has 1 N–H and O–H groups in total. The summed E-state index contributed by atoms with van der Waals surface area (Å²) in [6, 6.07) is 6.35. The van der Waals surface area contributed by atoms with Gasteiger partial charge in [0.25, 0.3) is 5.91 Å². The Labute approximate surface area is 132 Å². The number of halogens is 1. The third-order valence-electron chi connectivity index (χ3n) is 4.13. The van der Waals surface area contributed by atoms with Gasteiger partial charge in [0, 0.05) is 19.0 Å². The molecule has 2 fully saturated rings. The molecule has 6 nitrogen and oxygen atoms in total. The van der Waals surface area contributed by atoms with Crippen LogP contribution in [0, 0.1) is 11.7 Å². The summed E-state index contributed by atoms with van der Waals surface area (Å²) in [6.45, 7) is 0.407. The van der Waals surface area contributed by atoms with Crippen molar-refractivity contribution in [2.75, 3.05) is 26.2 Å². The van der Waals surface area contributed by atoms with E-state index in [2.05, 4.69) is 5.32 Å². The number of nitrogens with zero attached hydrogens (tertiary/aromatic N) is 1. The SMILES string of the molecule is O=C1CN(C(=O)COC(=O)[C@@H]2C[C@@H]2c2ccccc2F)CCN1. The summed E-state index contributed by atoms with van der Waals surface area (Å²) in [5, 5.41) is 2.61. The van der Waals surface area contributed by atoms with Gasteiger partial charge in [-0.2, -0.15) is 0 Å². The second kappa shape index (κ2) is 6.36. The first kappa shape index (κ1) is 15.5. The number of hydrogen-bond acceptors (Lipinski definition) is 4. The van der Waals surface area contributed by atoms with Crippen LogP contribution in [0.15, 0.2) is 24.3 Å². The van der Waals surface area contributed by atoms with E-state index in [4.69, 9.17) is 4.74 Å². The molecule has 3 rings (SSSR count). The average molecular weight is 320 g/mol. The normalized spacial score (nSPS) is 23.2. The Hall–Kier alpha value is -2.44. The minimum absolute atomic E-state index is 0.0162. The molecule has 1 saturated heterocycles. The molecule has 23 heavy (non-hydrogen) atoms. The summed E-state index contributed by atoms with van der Waals surface area (Å²) >= 11 is 0. The van der Waals surface area contributed by atoms with Gasteiger partial charge in [-0.25, -0.2) is 4.39 Å². The predicted octanol–water partition coefficient (Wildman–Crippen LogP) is 0.431. The summed E-state index contributed by atoms with van der Waals surface area (Å²) < 4.78 is 18.7. The molecule has 0 radical (unpaired) electrons. The Kier molecular flexibility index (Phi) is 4.27. The molecule has 122 valence electrons. The van der Waals surface area contributed by atoms with Crippen molar-refractivity contribution in [3.63, 3.8) is 0 Å². The summed E-state index contributed by atoms with van der Waals surface area (Å²) in [5.41, 5.74) is 0.508. The van der Waals surface area contributed by atoms with Gasteiger partial charge in [-0.1, -0.05) is 18.2 Å². The number of ether oxygens (including phenoxy) is 1. The largest absolute Gasteiger partial charge is 0.455 e. The second-order valence-corrected chi connectivity index (χ2v) is 5.74. The van der Waals surface area contributed by atoms with Crippen LogP contribution in [0.25, 0.3) is 0 Å². The molecule has 1 aromatic carbocycles. The lowest BCUT2D eigenvalue weighted by Crippen LogP contribution is -2.51. The maximum Gasteiger partial charge on any atom is 0.310 e. The van der Waals surface area contributed by atoms with Crippen molar-refractivity contribution >= 4 is 17.8 Å². The van der Waals surface area contributed by atoms with E-state index in [0.29, 0.717) is 25.1 Å². The number of nitrogens with one attached hydrogen (secondary N) is 1. The lowest BCUT2D eigenvalue weighted by molar-refractivity contribution is -0.154. The zero-order valence-corrected chi connectivity index (χ0v) is 12.5. The summed E-state index contributed by atoms with van der Waals surface area (Å²) in [4.78, 5) is 36.4. The van der Waals surface area contributed by atoms with E-state index in [-0.39, 0.29) is 30.8 Å². The molecule has 1 aromatic rings. The van der Waals surface area contributed by atoms with Crippen LogP contribution in [-0.2, 0) is 19.1 Å². The number of carbonyl (C=O) groups excluding carboxylic acids is 3. The third kappa shape index (κ3) is 3.49. The lowest BCUT2D eigenvalue weighted by atomic mass is 10.1. The first-order valence-corrected chi connectivity index (χ1v) is 7.52. The highest BCUT2D eigenvalue weighted by molar-refractivity contribution is 5.88. The minimum atomic E-state index is -0.493. The molecule has 0 spiro atoms. The highest BCUT2D eigenvalue weighted by Gasteiger charge is 2.46. The van der Waals surface area contributed by atoms with Crippen molar-refractivity contribution in [2.24, 2.45) is 5.92 Å². The zero-order valence-electron chi connectivity index (χ0n) is 12.5. The number of benzene rings is 1. The van der Waals surface area contributed by atoms with Crippen molar-refractivity contribution in [1.82, 2.24) is 10.2 Å². The molecule has 2 amide bonds. The molecule has 7 heteroatoms. The van der Waals surface area contributed by atoms with E-state index in [0.717, 1.165) is 0 Å². The molecule has 0 unspecified atom stereocenters. The fourth-order valence-corrected chi connectivity index (χ4v) is 2.76. The van der Waals surface area contributed by atoms with Crippen LogP contribution in [0.1, 0.15) is 17.9 Å². The quantitative estimate of drug-likeness (QED) is 0.817. The highest BCUT2D eigenvalue weighted by Crippen LogP contribution is 2.48. The zero-order chi connectivity index (χ0) is 16.4. The Balaban J connectivity index is 1.48. The Bertz CT molecular complexity index is 649. The van der Waals surface area contributed by atoms with Gasteiger partial charge in [0.05, 0.1) is 12.5 Å². The summed E-state index contributed by atoms with van der Waals surface area (Å²) in [6.07, 6.45) is 0.528. The van der Waals surface area contributed by atoms with Gasteiger partial charge >= 0.3 is 5.97 Å². The van der Waals surface area contributed by atoms with E-state index in [1.54, 1.807) is 18.2 Å². The van der Waals surface area contributed by atoms with Crippen LogP contribution in [-0.4, -0.2) is 48.9 Å². The van der Waals surface area contributed by atoms with E-state index in [9.17, 15) is 18.8 Å². The maximum atomic E-state index is 13.7. The number of hydrogen-bond donors (Lipinski definition) is 1. The average Bonchev–Trinajstić information content (AvgIpc) is 3.33. The Morgan fingerprint density at radius 3 is 2.87 bits per heavy atom. The lowest BCUT2D eigenvalue weighted by Gasteiger charge is -2.26. The second-order valence-electron chi connectivity index (χ2n) is 5.74. The first-order chi connectivity index (χ1) is 11.1. The van der Waals surface area contributed by atoms with Gasteiger partial charge in [0.1, 0.15) is 5.82 Å². The fraction of sp³-hybridized carbons (Fsp3) is 0.438. The molecule has 1 heterocycles. The van der Waals surface area contributed by atoms with Crippen LogP contribution >= 0.6 is 0 Å². The predicted molar refractivity (Wildman–Crippen MR) is 77.8 cm³/mol.